The van der Waals surface area contributed by atoms with Gasteiger partial charge in [-0.15, -0.1) is 0 Å². The molecule has 0 saturated carbocycles. The fraction of sp³-hybridized carbons (Fsp3) is 0.467. The molecule has 1 aliphatic heterocycles. The smallest absolute Gasteiger partial charge is 0.323 e. The molecular formula is C15H20N4O2. The maximum absolute atomic E-state index is 12.2. The van der Waals surface area contributed by atoms with Crippen molar-refractivity contribution in [1.82, 2.24) is 20.6 Å². The number of H-pyrrole nitrogens is 2. The van der Waals surface area contributed by atoms with Gasteiger partial charge in [0.2, 0.25) is 5.91 Å². The highest BCUT2D eigenvalue weighted by Crippen LogP contribution is 2.18. The highest BCUT2D eigenvalue weighted by Gasteiger charge is 2.22. The molecule has 2 aromatic rings. The van der Waals surface area contributed by atoms with E-state index in [0.29, 0.717) is 0 Å². The van der Waals surface area contributed by atoms with Gasteiger partial charge in [-0.25, -0.2) is 4.79 Å². The molecular weight excluding hydrogens is 268 g/mol. The van der Waals surface area contributed by atoms with Crippen LogP contribution in [0.1, 0.15) is 31.4 Å². The third-order valence-electron chi connectivity index (χ3n) is 4.07. The molecule has 2 heterocycles. The minimum atomic E-state index is -0.216. The molecule has 1 unspecified atom stereocenters. The number of amides is 1. The Morgan fingerprint density at radius 2 is 2.14 bits per heavy atom. The maximum atomic E-state index is 12.2. The van der Waals surface area contributed by atoms with Crippen LogP contribution in [0.2, 0.25) is 0 Å². The Morgan fingerprint density at radius 3 is 2.90 bits per heavy atom. The number of hydrogen-bond acceptors (Lipinski definition) is 3. The third-order valence-corrected chi connectivity index (χ3v) is 4.07. The highest BCUT2D eigenvalue weighted by molar-refractivity contribution is 5.80. The normalized spacial score (nSPS) is 20.3. The Hall–Kier alpha value is -2.08. The number of imidazole rings is 1. The molecule has 4 N–H and O–H groups in total. The average Bonchev–Trinajstić information content (AvgIpc) is 2.87. The molecule has 1 aromatic carbocycles. The molecule has 0 aliphatic carbocycles. The van der Waals surface area contributed by atoms with E-state index in [-0.39, 0.29) is 23.6 Å². The maximum Gasteiger partial charge on any atom is 0.323 e. The Labute approximate surface area is 122 Å². The van der Waals surface area contributed by atoms with Crippen LogP contribution < -0.4 is 16.3 Å². The van der Waals surface area contributed by atoms with Gasteiger partial charge >= 0.3 is 5.69 Å². The molecule has 1 aromatic heterocycles. The summed E-state index contributed by atoms with van der Waals surface area (Å²) >= 11 is 0. The predicted molar refractivity (Wildman–Crippen MR) is 81.1 cm³/mol. The van der Waals surface area contributed by atoms with Crippen molar-refractivity contribution in [3.8, 4) is 0 Å². The minimum Gasteiger partial charge on any atom is -0.349 e. The van der Waals surface area contributed by atoms with Gasteiger partial charge in [-0.3, -0.25) is 4.79 Å². The predicted octanol–water partition coefficient (Wildman–Crippen LogP) is 1.03. The zero-order valence-corrected chi connectivity index (χ0v) is 12.0. The standard InChI is InChI=1S/C15H20N4O2/c1-9(17-14(20)11-3-2-6-16-8-11)10-4-5-12-13(7-10)19-15(21)18-12/h4-5,7,9,11,16H,2-3,6,8H2,1H3,(H,17,20)(H2,18,19,21)/t9?,11-/m0/s1. The summed E-state index contributed by atoms with van der Waals surface area (Å²) in [7, 11) is 0. The van der Waals surface area contributed by atoms with E-state index in [9.17, 15) is 9.59 Å². The molecule has 21 heavy (non-hydrogen) atoms. The molecule has 0 bridgehead atoms. The molecule has 1 saturated heterocycles. The topological polar surface area (TPSA) is 89.8 Å². The van der Waals surface area contributed by atoms with Crippen LogP contribution in [0, 0.1) is 5.92 Å². The molecule has 2 atom stereocenters. The molecule has 1 amide bonds. The van der Waals surface area contributed by atoms with E-state index >= 15 is 0 Å². The second kappa shape index (κ2) is 5.73. The first-order valence-electron chi connectivity index (χ1n) is 7.36. The average molecular weight is 288 g/mol. The van der Waals surface area contributed by atoms with Gasteiger partial charge in [0, 0.05) is 6.54 Å². The van der Waals surface area contributed by atoms with Crippen molar-refractivity contribution >= 4 is 16.9 Å². The number of aromatic amines is 2. The summed E-state index contributed by atoms with van der Waals surface area (Å²) in [5.41, 5.74) is 2.30. The Balaban J connectivity index is 1.72. The van der Waals surface area contributed by atoms with E-state index in [1.54, 1.807) is 0 Å². The van der Waals surface area contributed by atoms with Gasteiger partial charge in [0.1, 0.15) is 0 Å². The quantitative estimate of drug-likeness (QED) is 0.680. The zero-order chi connectivity index (χ0) is 14.8. The van der Waals surface area contributed by atoms with Crippen LogP contribution in [0.25, 0.3) is 11.0 Å². The van der Waals surface area contributed by atoms with E-state index in [2.05, 4.69) is 20.6 Å². The summed E-state index contributed by atoms with van der Waals surface area (Å²) in [4.78, 5) is 28.9. The highest BCUT2D eigenvalue weighted by atomic mass is 16.2. The fourth-order valence-electron chi connectivity index (χ4n) is 2.81. The van der Waals surface area contributed by atoms with Crippen LogP contribution in [0.15, 0.2) is 23.0 Å². The number of aromatic nitrogens is 2. The number of hydrogen-bond donors (Lipinski definition) is 4. The van der Waals surface area contributed by atoms with E-state index in [4.69, 9.17) is 0 Å². The van der Waals surface area contributed by atoms with Crippen LogP contribution >= 0.6 is 0 Å². The third kappa shape index (κ3) is 3.00. The van der Waals surface area contributed by atoms with E-state index < -0.39 is 0 Å². The second-order valence-corrected chi connectivity index (χ2v) is 5.66. The van der Waals surface area contributed by atoms with E-state index in [1.165, 1.54) is 0 Å². The number of nitrogens with one attached hydrogen (secondary N) is 4. The van der Waals surface area contributed by atoms with Gasteiger partial charge in [0.05, 0.1) is 23.0 Å². The first-order valence-corrected chi connectivity index (χ1v) is 7.36. The number of carbonyl (C=O) groups is 1. The number of benzene rings is 1. The number of carbonyl (C=O) groups excluding carboxylic acids is 1. The summed E-state index contributed by atoms with van der Waals surface area (Å²) in [6.45, 7) is 3.71. The zero-order valence-electron chi connectivity index (χ0n) is 12.0. The second-order valence-electron chi connectivity index (χ2n) is 5.66. The summed E-state index contributed by atoms with van der Waals surface area (Å²) in [5, 5.41) is 6.31. The van der Waals surface area contributed by atoms with Crippen molar-refractivity contribution in [3.63, 3.8) is 0 Å². The van der Waals surface area contributed by atoms with Crippen LogP contribution in [-0.2, 0) is 4.79 Å². The number of rotatable bonds is 3. The van der Waals surface area contributed by atoms with Crippen molar-refractivity contribution in [2.24, 2.45) is 5.92 Å². The minimum absolute atomic E-state index is 0.0528. The number of fused-ring (bicyclic) bond motifs is 1. The SMILES string of the molecule is CC(NC(=O)[C@H]1CCCNC1)c1ccc2[nH]c(=O)[nH]c2c1. The Bertz CT molecular complexity index is 697. The lowest BCUT2D eigenvalue weighted by molar-refractivity contribution is -0.126. The summed E-state index contributed by atoms with van der Waals surface area (Å²) in [6, 6.07) is 5.60. The summed E-state index contributed by atoms with van der Waals surface area (Å²) in [5.74, 6) is 0.148. The van der Waals surface area contributed by atoms with Gasteiger partial charge < -0.3 is 20.6 Å². The molecule has 1 aliphatic rings. The largest absolute Gasteiger partial charge is 0.349 e. The molecule has 1 fully saturated rings. The fourth-order valence-corrected chi connectivity index (χ4v) is 2.81. The summed E-state index contributed by atoms with van der Waals surface area (Å²) in [6.07, 6.45) is 1.98. The molecule has 112 valence electrons. The van der Waals surface area contributed by atoms with Gasteiger partial charge in [-0.05, 0) is 44.0 Å². The Morgan fingerprint density at radius 1 is 1.33 bits per heavy atom. The molecule has 0 radical (unpaired) electrons. The van der Waals surface area contributed by atoms with Gasteiger partial charge in [-0.1, -0.05) is 6.07 Å². The Kier molecular flexibility index (Phi) is 3.79. The molecule has 3 rings (SSSR count). The van der Waals surface area contributed by atoms with Crippen molar-refractivity contribution in [3.05, 3.63) is 34.2 Å². The number of piperidine rings is 1. The van der Waals surface area contributed by atoms with Crippen LogP contribution in [-0.4, -0.2) is 29.0 Å². The van der Waals surface area contributed by atoms with Gasteiger partial charge in [0.15, 0.2) is 0 Å². The van der Waals surface area contributed by atoms with Crippen molar-refractivity contribution < 1.29 is 4.79 Å². The van der Waals surface area contributed by atoms with Crippen LogP contribution in [0.4, 0.5) is 0 Å². The van der Waals surface area contributed by atoms with Gasteiger partial charge in [-0.2, -0.15) is 0 Å². The lowest BCUT2D eigenvalue weighted by Gasteiger charge is -2.24. The van der Waals surface area contributed by atoms with Crippen LogP contribution in [0.5, 0.6) is 0 Å². The van der Waals surface area contributed by atoms with Crippen molar-refractivity contribution in [1.29, 1.82) is 0 Å². The lowest BCUT2D eigenvalue weighted by Crippen LogP contribution is -2.41. The molecule has 6 nitrogen and oxygen atoms in total. The lowest BCUT2D eigenvalue weighted by atomic mass is 9.98. The molecule has 6 heteroatoms. The monoisotopic (exact) mass is 288 g/mol. The summed E-state index contributed by atoms with van der Waals surface area (Å²) < 4.78 is 0. The van der Waals surface area contributed by atoms with Crippen molar-refractivity contribution in [2.45, 2.75) is 25.8 Å². The van der Waals surface area contributed by atoms with Crippen LogP contribution in [0.3, 0.4) is 0 Å². The van der Waals surface area contributed by atoms with E-state index in [1.807, 2.05) is 25.1 Å². The first kappa shape index (κ1) is 13.9. The first-order chi connectivity index (χ1) is 10.1. The van der Waals surface area contributed by atoms with Gasteiger partial charge in [0.25, 0.3) is 0 Å². The molecule has 0 spiro atoms. The van der Waals surface area contributed by atoms with E-state index in [0.717, 1.165) is 42.5 Å². The van der Waals surface area contributed by atoms with Crippen molar-refractivity contribution in [2.75, 3.05) is 13.1 Å².